The van der Waals surface area contributed by atoms with Gasteiger partial charge in [0.05, 0.1) is 24.6 Å². The molecule has 0 radical (unpaired) electrons. The molecule has 4 aromatic rings. The van der Waals surface area contributed by atoms with E-state index in [9.17, 15) is 13.2 Å². The maximum atomic E-state index is 14.1. The van der Waals surface area contributed by atoms with Crippen molar-refractivity contribution in [2.45, 2.75) is 38.0 Å². The van der Waals surface area contributed by atoms with Crippen LogP contribution in [0.5, 0.6) is 11.5 Å². The second-order valence-corrected chi connectivity index (χ2v) is 10.2. The molecule has 6 nitrogen and oxygen atoms in total. The molecule has 0 aliphatic carbocycles. The molecule has 0 aliphatic heterocycles. The van der Waals surface area contributed by atoms with Gasteiger partial charge >= 0.3 is 0 Å². The Kier molecular flexibility index (Phi) is 6.98. The zero-order valence-electron chi connectivity index (χ0n) is 20.4. The van der Waals surface area contributed by atoms with Gasteiger partial charge in [-0.1, -0.05) is 55.0 Å². The van der Waals surface area contributed by atoms with Crippen LogP contribution in [0.3, 0.4) is 0 Å². The van der Waals surface area contributed by atoms with Crippen molar-refractivity contribution in [3.05, 3.63) is 78.0 Å². The molecule has 35 heavy (non-hydrogen) atoms. The van der Waals surface area contributed by atoms with Crippen molar-refractivity contribution in [3.8, 4) is 22.6 Å². The topological polar surface area (TPSA) is 74.6 Å². The fraction of sp³-hybridized carbons (Fsp3) is 0.250. The van der Waals surface area contributed by atoms with E-state index in [0.29, 0.717) is 34.5 Å². The third-order valence-corrected chi connectivity index (χ3v) is 7.95. The monoisotopic (exact) mass is 491 g/mol. The zero-order chi connectivity index (χ0) is 25.2. The second kappa shape index (κ2) is 9.96. The Morgan fingerprint density at radius 1 is 0.914 bits per heavy atom. The van der Waals surface area contributed by atoms with E-state index in [-0.39, 0.29) is 23.5 Å². The minimum Gasteiger partial charge on any atom is -0.493 e. The Hall–Kier alpha value is -3.58. The van der Waals surface area contributed by atoms with Crippen molar-refractivity contribution in [3.63, 3.8) is 0 Å². The molecule has 0 spiro atoms. The lowest BCUT2D eigenvalue weighted by atomic mass is 9.99. The van der Waals surface area contributed by atoms with Gasteiger partial charge in [0, 0.05) is 35.6 Å². The minimum atomic E-state index is -3.99. The summed E-state index contributed by atoms with van der Waals surface area (Å²) < 4.78 is 40.6. The summed E-state index contributed by atoms with van der Waals surface area (Å²) in [5, 5.41) is 0.712. The summed E-state index contributed by atoms with van der Waals surface area (Å²) in [5.74, 6) is 0.996. The lowest BCUT2D eigenvalue weighted by molar-refractivity contribution is -0.118. The largest absolute Gasteiger partial charge is 0.493 e. The Labute approximate surface area is 206 Å². The highest BCUT2D eigenvalue weighted by molar-refractivity contribution is 7.90. The normalized spacial score (nSPS) is 11.5. The summed E-state index contributed by atoms with van der Waals surface area (Å²) in [7, 11) is -0.924. The number of aromatic nitrogens is 1. The molecule has 0 amide bonds. The standard InChI is InChI=1S/C28H29NO5S/c1-5-21(30)13-16-24-28(20-9-7-6-8-10-20)23-17-26(33-3)27(34-4)18-25(23)29(24)35(31,32)22-14-11-19(2)12-15-22/h6-12,14-15,17-18H,5,13,16H2,1-4H3. The van der Waals surface area contributed by atoms with Gasteiger partial charge in [0.15, 0.2) is 11.5 Å². The maximum absolute atomic E-state index is 14.1. The number of ether oxygens (including phenoxy) is 2. The summed E-state index contributed by atoms with van der Waals surface area (Å²) >= 11 is 0. The van der Waals surface area contributed by atoms with E-state index >= 15 is 0 Å². The van der Waals surface area contributed by atoms with Gasteiger partial charge in [-0.2, -0.15) is 0 Å². The maximum Gasteiger partial charge on any atom is 0.268 e. The molecule has 182 valence electrons. The average Bonchev–Trinajstić information content (AvgIpc) is 3.20. The predicted octanol–water partition coefficient (Wildman–Crippen LogP) is 5.78. The third-order valence-electron chi connectivity index (χ3n) is 6.18. The molecule has 0 atom stereocenters. The minimum absolute atomic E-state index is 0.0729. The molecule has 3 aromatic carbocycles. The van der Waals surface area contributed by atoms with Crippen LogP contribution in [-0.2, 0) is 21.2 Å². The van der Waals surface area contributed by atoms with Gasteiger partial charge in [-0.25, -0.2) is 12.4 Å². The number of carbonyl (C=O) groups is 1. The summed E-state index contributed by atoms with van der Waals surface area (Å²) in [6, 6.07) is 19.9. The lowest BCUT2D eigenvalue weighted by Crippen LogP contribution is -2.17. The number of benzene rings is 3. The van der Waals surface area contributed by atoms with Gasteiger partial charge in [-0.05, 0) is 37.1 Å². The molecule has 0 saturated heterocycles. The first-order valence-electron chi connectivity index (χ1n) is 11.5. The van der Waals surface area contributed by atoms with Gasteiger partial charge in [0.2, 0.25) is 0 Å². The van der Waals surface area contributed by atoms with Gasteiger partial charge in [0.1, 0.15) is 5.78 Å². The van der Waals surface area contributed by atoms with E-state index in [2.05, 4.69) is 0 Å². The Balaban J connectivity index is 2.13. The Morgan fingerprint density at radius 2 is 1.54 bits per heavy atom. The number of methoxy groups -OCH3 is 2. The molecule has 0 aliphatic rings. The van der Waals surface area contributed by atoms with Gasteiger partial charge in [-0.3, -0.25) is 4.79 Å². The van der Waals surface area contributed by atoms with Crippen molar-refractivity contribution in [2.75, 3.05) is 14.2 Å². The van der Waals surface area contributed by atoms with Crippen molar-refractivity contribution in [1.29, 1.82) is 0 Å². The number of rotatable bonds is 9. The van der Waals surface area contributed by atoms with Crippen LogP contribution >= 0.6 is 0 Å². The molecule has 4 rings (SSSR count). The molecule has 0 N–H and O–H groups in total. The summed E-state index contributed by atoms with van der Waals surface area (Å²) in [4.78, 5) is 12.5. The number of aryl methyl sites for hydroxylation is 1. The Bertz CT molecular complexity index is 1470. The number of ketones is 1. The summed E-state index contributed by atoms with van der Waals surface area (Å²) in [5.41, 5.74) is 3.62. The van der Waals surface area contributed by atoms with Crippen LogP contribution in [0.25, 0.3) is 22.0 Å². The lowest BCUT2D eigenvalue weighted by Gasteiger charge is -2.14. The SMILES string of the molecule is CCC(=O)CCc1c(-c2ccccc2)c2cc(OC)c(OC)cc2n1S(=O)(=O)c1ccc(C)cc1. The van der Waals surface area contributed by atoms with Crippen LogP contribution in [0, 0.1) is 6.92 Å². The predicted molar refractivity (Wildman–Crippen MR) is 138 cm³/mol. The van der Waals surface area contributed by atoms with E-state index in [1.165, 1.54) is 11.1 Å². The van der Waals surface area contributed by atoms with Gasteiger partial charge < -0.3 is 9.47 Å². The van der Waals surface area contributed by atoms with Crippen molar-refractivity contribution < 1.29 is 22.7 Å². The van der Waals surface area contributed by atoms with Crippen LogP contribution < -0.4 is 9.47 Å². The Morgan fingerprint density at radius 3 is 2.14 bits per heavy atom. The molecule has 7 heteroatoms. The highest BCUT2D eigenvalue weighted by atomic mass is 32.2. The summed E-state index contributed by atoms with van der Waals surface area (Å²) in [6.45, 7) is 3.72. The highest BCUT2D eigenvalue weighted by Gasteiger charge is 2.29. The van der Waals surface area contributed by atoms with E-state index in [1.54, 1.807) is 37.4 Å². The van der Waals surface area contributed by atoms with E-state index < -0.39 is 10.0 Å². The molecule has 0 saturated carbocycles. The molecular weight excluding hydrogens is 462 g/mol. The molecular formula is C28H29NO5S. The van der Waals surface area contributed by atoms with Crippen LogP contribution in [0.2, 0.25) is 0 Å². The smallest absolute Gasteiger partial charge is 0.268 e. The van der Waals surface area contributed by atoms with Crippen LogP contribution in [0.1, 0.15) is 31.0 Å². The second-order valence-electron chi connectivity index (χ2n) is 8.39. The highest BCUT2D eigenvalue weighted by Crippen LogP contribution is 2.43. The van der Waals surface area contributed by atoms with Gasteiger partial charge in [-0.15, -0.1) is 0 Å². The first kappa shape index (κ1) is 24.5. The molecule has 1 aromatic heterocycles. The van der Waals surface area contributed by atoms with Crippen LogP contribution in [-0.4, -0.2) is 32.4 Å². The molecule has 0 unspecified atom stereocenters. The first-order valence-corrected chi connectivity index (χ1v) is 12.9. The fourth-order valence-corrected chi connectivity index (χ4v) is 5.89. The van der Waals surface area contributed by atoms with Crippen LogP contribution in [0.15, 0.2) is 71.6 Å². The number of fused-ring (bicyclic) bond motifs is 1. The fourth-order valence-electron chi connectivity index (χ4n) is 4.32. The van der Waals surface area contributed by atoms with Crippen molar-refractivity contribution in [2.24, 2.45) is 0 Å². The number of carbonyl (C=O) groups excluding carboxylic acids is 1. The molecule has 0 fully saturated rings. The van der Waals surface area contributed by atoms with Crippen LogP contribution in [0.4, 0.5) is 0 Å². The van der Waals surface area contributed by atoms with E-state index in [0.717, 1.165) is 16.7 Å². The number of hydrogen-bond donors (Lipinski definition) is 0. The quantitative estimate of drug-likeness (QED) is 0.297. The zero-order valence-corrected chi connectivity index (χ0v) is 21.2. The number of Topliss-reactive ketones (excluding diaryl/α,β-unsaturated/α-hetero) is 1. The molecule has 0 bridgehead atoms. The molecule has 1 heterocycles. The first-order chi connectivity index (χ1) is 16.8. The van der Waals surface area contributed by atoms with E-state index in [1.807, 2.05) is 50.2 Å². The van der Waals surface area contributed by atoms with Gasteiger partial charge in [0.25, 0.3) is 10.0 Å². The van der Waals surface area contributed by atoms with E-state index in [4.69, 9.17) is 9.47 Å². The van der Waals surface area contributed by atoms with Crippen molar-refractivity contribution in [1.82, 2.24) is 3.97 Å². The third kappa shape index (κ3) is 4.56. The summed E-state index contributed by atoms with van der Waals surface area (Å²) in [6.07, 6.45) is 0.916. The average molecular weight is 492 g/mol. The van der Waals surface area contributed by atoms with Crippen molar-refractivity contribution >= 4 is 26.7 Å². The number of nitrogens with zero attached hydrogens (tertiary/aromatic N) is 1. The number of hydrogen-bond acceptors (Lipinski definition) is 5.